The molecule has 1 saturated heterocycles. The molecule has 0 amide bonds. The predicted molar refractivity (Wildman–Crippen MR) is 64.6 cm³/mol. The highest BCUT2D eigenvalue weighted by Crippen LogP contribution is 2.17. The monoisotopic (exact) mass is 268 g/mol. The summed E-state index contributed by atoms with van der Waals surface area (Å²) in [5, 5.41) is 3.18. The van der Waals surface area contributed by atoms with Gasteiger partial charge in [-0.15, -0.1) is 0 Å². The van der Waals surface area contributed by atoms with E-state index in [9.17, 15) is 13.2 Å². The third-order valence-electron chi connectivity index (χ3n) is 3.23. The molecule has 1 fully saturated rings. The summed E-state index contributed by atoms with van der Waals surface area (Å²) in [6.45, 7) is 3.05. The fourth-order valence-corrected chi connectivity index (χ4v) is 2.28. The molecule has 1 heterocycles. The molecule has 6 heteroatoms. The molecule has 0 aromatic heterocycles. The van der Waals surface area contributed by atoms with Crippen LogP contribution in [-0.4, -0.2) is 57.5 Å². The number of piperidine rings is 1. The minimum Gasteiger partial charge on any atom is -0.372 e. The van der Waals surface area contributed by atoms with E-state index in [2.05, 4.69) is 15.0 Å². The largest absolute Gasteiger partial charge is 0.411 e. The summed E-state index contributed by atoms with van der Waals surface area (Å²) >= 11 is 0. The number of nitrogens with one attached hydrogen (secondary N) is 1. The Bertz CT molecular complexity index is 216. The Balaban J connectivity index is 1.98. The van der Waals surface area contributed by atoms with Gasteiger partial charge in [-0.05, 0) is 51.9 Å². The van der Waals surface area contributed by atoms with Crippen molar-refractivity contribution in [1.82, 2.24) is 10.2 Å². The van der Waals surface area contributed by atoms with Crippen LogP contribution in [0.2, 0.25) is 0 Å². The van der Waals surface area contributed by atoms with Gasteiger partial charge in [-0.25, -0.2) is 0 Å². The fourth-order valence-electron chi connectivity index (χ4n) is 2.28. The zero-order valence-corrected chi connectivity index (χ0v) is 10.9. The number of nitrogens with zero attached hydrogens (tertiary/aromatic N) is 1. The standard InChI is InChI=1S/C12H23F3N2O/c1-16-9-11-3-6-17(7-4-11)5-2-8-18-10-12(13,14)15/h11,16H,2-10H2,1H3. The van der Waals surface area contributed by atoms with Crippen LogP contribution in [0.5, 0.6) is 0 Å². The number of rotatable bonds is 7. The third-order valence-corrected chi connectivity index (χ3v) is 3.23. The van der Waals surface area contributed by atoms with Gasteiger partial charge in [0.25, 0.3) is 0 Å². The van der Waals surface area contributed by atoms with E-state index in [-0.39, 0.29) is 6.61 Å². The van der Waals surface area contributed by atoms with Gasteiger partial charge >= 0.3 is 6.18 Å². The van der Waals surface area contributed by atoms with Crippen molar-refractivity contribution in [3.05, 3.63) is 0 Å². The minimum atomic E-state index is -4.20. The molecule has 1 aliphatic rings. The zero-order valence-electron chi connectivity index (χ0n) is 10.9. The second-order valence-electron chi connectivity index (χ2n) is 4.86. The lowest BCUT2D eigenvalue weighted by atomic mass is 9.97. The highest BCUT2D eigenvalue weighted by atomic mass is 19.4. The highest BCUT2D eigenvalue weighted by molar-refractivity contribution is 4.73. The predicted octanol–water partition coefficient (Wildman–Crippen LogP) is 1.89. The van der Waals surface area contributed by atoms with Gasteiger partial charge in [-0.1, -0.05) is 0 Å². The summed E-state index contributed by atoms with van der Waals surface area (Å²) < 4.78 is 40.0. The van der Waals surface area contributed by atoms with Gasteiger partial charge in [0, 0.05) is 13.2 Å². The Labute approximate surface area is 107 Å². The molecule has 0 atom stereocenters. The zero-order chi connectivity index (χ0) is 13.4. The summed E-state index contributed by atoms with van der Waals surface area (Å²) in [6, 6.07) is 0. The van der Waals surface area contributed by atoms with Gasteiger partial charge in [-0.2, -0.15) is 13.2 Å². The van der Waals surface area contributed by atoms with Gasteiger partial charge in [0.15, 0.2) is 0 Å². The molecule has 18 heavy (non-hydrogen) atoms. The molecule has 1 N–H and O–H groups in total. The van der Waals surface area contributed by atoms with E-state index in [4.69, 9.17) is 0 Å². The number of hydrogen-bond donors (Lipinski definition) is 1. The Morgan fingerprint density at radius 2 is 1.94 bits per heavy atom. The lowest BCUT2D eigenvalue weighted by molar-refractivity contribution is -0.174. The molecule has 0 bridgehead atoms. The Morgan fingerprint density at radius 1 is 1.28 bits per heavy atom. The molecule has 0 aromatic carbocycles. The summed E-state index contributed by atoms with van der Waals surface area (Å²) in [4.78, 5) is 2.31. The minimum absolute atomic E-state index is 0.190. The van der Waals surface area contributed by atoms with Gasteiger partial charge in [0.2, 0.25) is 0 Å². The van der Waals surface area contributed by atoms with Crippen LogP contribution < -0.4 is 5.32 Å². The van der Waals surface area contributed by atoms with E-state index in [1.165, 1.54) is 12.8 Å². The van der Waals surface area contributed by atoms with Crippen molar-refractivity contribution in [1.29, 1.82) is 0 Å². The maximum atomic E-state index is 11.8. The van der Waals surface area contributed by atoms with Crippen molar-refractivity contribution in [2.75, 3.05) is 46.4 Å². The third kappa shape index (κ3) is 7.18. The van der Waals surface area contributed by atoms with Crippen LogP contribution >= 0.6 is 0 Å². The van der Waals surface area contributed by atoms with Crippen LogP contribution in [-0.2, 0) is 4.74 Å². The van der Waals surface area contributed by atoms with Crippen molar-refractivity contribution >= 4 is 0 Å². The van der Waals surface area contributed by atoms with Crippen molar-refractivity contribution < 1.29 is 17.9 Å². The fraction of sp³-hybridized carbons (Fsp3) is 1.00. The van der Waals surface area contributed by atoms with Crippen LogP contribution in [0.3, 0.4) is 0 Å². The Hall–Kier alpha value is -0.330. The number of hydrogen-bond acceptors (Lipinski definition) is 3. The van der Waals surface area contributed by atoms with E-state index in [0.29, 0.717) is 6.42 Å². The van der Waals surface area contributed by atoms with Gasteiger partial charge < -0.3 is 15.0 Å². The van der Waals surface area contributed by atoms with Gasteiger partial charge in [-0.3, -0.25) is 0 Å². The van der Waals surface area contributed by atoms with E-state index in [0.717, 1.165) is 32.1 Å². The summed E-state index contributed by atoms with van der Waals surface area (Å²) in [5.41, 5.74) is 0. The van der Waals surface area contributed by atoms with Crippen molar-refractivity contribution in [3.63, 3.8) is 0 Å². The van der Waals surface area contributed by atoms with Gasteiger partial charge in [0.05, 0.1) is 0 Å². The summed E-state index contributed by atoms with van der Waals surface area (Å²) in [6.07, 6.45) is -1.19. The molecule has 0 saturated carbocycles. The summed E-state index contributed by atoms with van der Waals surface area (Å²) in [5.74, 6) is 0.743. The second kappa shape index (κ2) is 7.96. The first-order chi connectivity index (χ1) is 8.51. The molecule has 0 unspecified atom stereocenters. The van der Waals surface area contributed by atoms with Crippen LogP contribution in [0.1, 0.15) is 19.3 Å². The highest BCUT2D eigenvalue weighted by Gasteiger charge is 2.27. The van der Waals surface area contributed by atoms with Gasteiger partial charge in [0.1, 0.15) is 6.61 Å². The quantitative estimate of drug-likeness (QED) is 0.714. The molecule has 1 rings (SSSR count). The smallest absolute Gasteiger partial charge is 0.372 e. The van der Waals surface area contributed by atoms with Crippen molar-refractivity contribution in [2.45, 2.75) is 25.4 Å². The normalized spacial score (nSPS) is 19.3. The number of ether oxygens (including phenoxy) is 1. The average Bonchev–Trinajstić information content (AvgIpc) is 2.30. The number of alkyl halides is 3. The Kier molecular flexibility index (Phi) is 6.96. The molecule has 0 aromatic rings. The maximum Gasteiger partial charge on any atom is 0.411 e. The first-order valence-corrected chi connectivity index (χ1v) is 6.52. The molecule has 0 spiro atoms. The number of halogens is 3. The molecule has 3 nitrogen and oxygen atoms in total. The van der Waals surface area contributed by atoms with Crippen LogP contribution in [0.4, 0.5) is 13.2 Å². The Morgan fingerprint density at radius 3 is 2.50 bits per heavy atom. The van der Waals surface area contributed by atoms with Crippen molar-refractivity contribution in [3.8, 4) is 0 Å². The van der Waals surface area contributed by atoms with E-state index < -0.39 is 12.8 Å². The molecular formula is C12H23F3N2O. The molecule has 108 valence electrons. The van der Waals surface area contributed by atoms with Crippen molar-refractivity contribution in [2.24, 2.45) is 5.92 Å². The molecule has 0 aliphatic carbocycles. The first-order valence-electron chi connectivity index (χ1n) is 6.52. The average molecular weight is 268 g/mol. The molecular weight excluding hydrogens is 245 g/mol. The van der Waals surface area contributed by atoms with E-state index >= 15 is 0 Å². The SMILES string of the molecule is CNCC1CCN(CCCOCC(F)(F)F)CC1. The van der Waals surface area contributed by atoms with Crippen LogP contribution in [0.15, 0.2) is 0 Å². The topological polar surface area (TPSA) is 24.5 Å². The van der Waals surface area contributed by atoms with E-state index in [1.807, 2.05) is 7.05 Å². The lowest BCUT2D eigenvalue weighted by Crippen LogP contribution is -2.37. The first kappa shape index (κ1) is 15.7. The summed E-state index contributed by atoms with van der Waals surface area (Å²) in [7, 11) is 1.96. The molecule has 0 radical (unpaired) electrons. The van der Waals surface area contributed by atoms with Crippen LogP contribution in [0.25, 0.3) is 0 Å². The molecule has 1 aliphatic heterocycles. The maximum absolute atomic E-state index is 11.8. The van der Waals surface area contributed by atoms with E-state index in [1.54, 1.807) is 0 Å². The number of likely N-dealkylation sites (tertiary alicyclic amines) is 1. The lowest BCUT2D eigenvalue weighted by Gasteiger charge is -2.31. The second-order valence-corrected chi connectivity index (χ2v) is 4.86. The van der Waals surface area contributed by atoms with Crippen LogP contribution in [0, 0.1) is 5.92 Å².